The molecule has 1 aromatic carbocycles. The van der Waals surface area contributed by atoms with Crippen molar-refractivity contribution in [1.29, 1.82) is 0 Å². The molecule has 5 rings (SSSR count). The number of piperidine rings is 1. The largest absolute Gasteiger partial charge is 0.460 e. The zero-order valence-electron chi connectivity index (χ0n) is 31.0. The Balaban J connectivity index is 1.21. The monoisotopic (exact) mass is 739 g/mol. The van der Waals surface area contributed by atoms with Crippen LogP contribution in [0.5, 0.6) is 0 Å². The molecular weight excluding hydrogens is 689 g/mol. The predicted molar refractivity (Wildman–Crippen MR) is 200 cm³/mol. The Labute approximate surface area is 306 Å². The number of esters is 1. The number of carbonyl (C=O) groups is 2. The van der Waals surface area contributed by atoms with Gasteiger partial charge in [-0.1, -0.05) is 32.4 Å². The van der Waals surface area contributed by atoms with Crippen LogP contribution in [-0.2, 0) is 25.4 Å². The van der Waals surface area contributed by atoms with E-state index in [4.69, 9.17) is 20.8 Å². The first-order valence-corrected chi connectivity index (χ1v) is 21.0. The molecule has 0 atom stereocenters. The van der Waals surface area contributed by atoms with Crippen molar-refractivity contribution in [2.45, 2.75) is 110 Å². The second-order valence-corrected chi connectivity index (χ2v) is 21.5. The highest BCUT2D eigenvalue weighted by molar-refractivity contribution is 6.74. The van der Waals surface area contributed by atoms with Crippen LogP contribution in [0.25, 0.3) is 11.3 Å². The normalized spacial score (nSPS) is 18.9. The number of nitrogens with one attached hydrogen (secondary N) is 2. The zero-order chi connectivity index (χ0) is 37.1. The molecule has 0 spiro atoms. The van der Waals surface area contributed by atoms with Crippen molar-refractivity contribution < 1.29 is 23.1 Å². The van der Waals surface area contributed by atoms with Gasteiger partial charge in [0.2, 0.25) is 5.91 Å². The number of rotatable bonds is 11. The van der Waals surface area contributed by atoms with Gasteiger partial charge >= 0.3 is 5.97 Å². The minimum atomic E-state index is -2.13. The molecule has 2 N–H and O–H groups in total. The lowest BCUT2D eigenvalue weighted by Crippen LogP contribution is -2.51. The van der Waals surface area contributed by atoms with Crippen LogP contribution in [0.15, 0.2) is 36.7 Å². The van der Waals surface area contributed by atoms with Crippen LogP contribution in [0.4, 0.5) is 21.7 Å². The highest BCUT2D eigenvalue weighted by Crippen LogP contribution is 2.38. The van der Waals surface area contributed by atoms with Crippen molar-refractivity contribution >= 4 is 49.1 Å². The van der Waals surface area contributed by atoms with E-state index < -0.39 is 19.7 Å². The van der Waals surface area contributed by atoms with E-state index in [0.29, 0.717) is 52.1 Å². The Morgan fingerprint density at radius 2 is 1.69 bits per heavy atom. The molecule has 0 unspecified atom stereocenters. The first-order valence-electron chi connectivity index (χ1n) is 17.7. The van der Waals surface area contributed by atoms with Gasteiger partial charge in [-0.2, -0.15) is 5.10 Å². The number of amides is 1. The summed E-state index contributed by atoms with van der Waals surface area (Å²) in [6.07, 6.45) is 5.30. The lowest BCUT2D eigenvalue weighted by molar-refractivity contribution is -0.156. The number of hydrogen-bond donors (Lipinski definition) is 2. The highest BCUT2D eigenvalue weighted by atomic mass is 35.5. The van der Waals surface area contributed by atoms with E-state index in [1.165, 1.54) is 24.5 Å². The second kappa shape index (κ2) is 15.6. The second-order valence-electron chi connectivity index (χ2n) is 16.3. The average Bonchev–Trinajstić information content (AvgIpc) is 3.00. The fourth-order valence-electron chi connectivity index (χ4n) is 6.02. The first-order chi connectivity index (χ1) is 23.9. The topological polar surface area (TPSA) is 131 Å². The van der Waals surface area contributed by atoms with Gasteiger partial charge in [-0.3, -0.25) is 9.59 Å². The van der Waals surface area contributed by atoms with Crippen LogP contribution in [-0.4, -0.2) is 70.0 Å². The molecule has 1 aliphatic heterocycles. The molecule has 2 fully saturated rings. The molecule has 11 nitrogen and oxygen atoms in total. The molecule has 276 valence electrons. The van der Waals surface area contributed by atoms with Crippen LogP contribution >= 0.6 is 11.6 Å². The molecule has 3 heterocycles. The van der Waals surface area contributed by atoms with Crippen LogP contribution in [0.3, 0.4) is 0 Å². The van der Waals surface area contributed by atoms with E-state index in [-0.39, 0.29) is 35.0 Å². The number of anilines is 3. The molecule has 2 aromatic heterocycles. The number of hydrogen-bond acceptors (Lipinski definition) is 10. The maximum atomic E-state index is 14.8. The van der Waals surface area contributed by atoms with Gasteiger partial charge in [0, 0.05) is 35.0 Å². The third kappa shape index (κ3) is 10.3. The Bertz CT molecular complexity index is 1720. The van der Waals surface area contributed by atoms with E-state index in [0.717, 1.165) is 38.8 Å². The third-order valence-corrected chi connectivity index (χ3v) is 14.9. The fourth-order valence-corrected chi connectivity index (χ4v) is 7.13. The first kappa shape index (κ1) is 38.7. The molecule has 1 saturated carbocycles. The van der Waals surface area contributed by atoms with Crippen LogP contribution in [0.1, 0.15) is 79.3 Å². The summed E-state index contributed by atoms with van der Waals surface area (Å²) >= 11 is 6.18. The van der Waals surface area contributed by atoms with Gasteiger partial charge in [-0.25, -0.2) is 14.4 Å². The molecule has 1 saturated heterocycles. The summed E-state index contributed by atoms with van der Waals surface area (Å²) < 4.78 is 26.8. The molecule has 3 aromatic rings. The molecule has 0 bridgehead atoms. The van der Waals surface area contributed by atoms with E-state index in [2.05, 4.69) is 69.6 Å². The maximum absolute atomic E-state index is 14.8. The van der Waals surface area contributed by atoms with E-state index >= 15 is 0 Å². The molecule has 1 aliphatic carbocycles. The lowest BCUT2D eigenvalue weighted by atomic mass is 9.77. The van der Waals surface area contributed by atoms with Crippen molar-refractivity contribution in [2.24, 2.45) is 11.8 Å². The van der Waals surface area contributed by atoms with Gasteiger partial charge in [0.25, 0.3) is 0 Å². The Kier molecular flexibility index (Phi) is 11.8. The van der Waals surface area contributed by atoms with E-state index in [1.54, 1.807) is 12.1 Å². The van der Waals surface area contributed by atoms with Crippen LogP contribution in [0, 0.1) is 17.7 Å². The summed E-state index contributed by atoms with van der Waals surface area (Å²) in [5.41, 5.74) is 1.11. The zero-order valence-corrected chi connectivity index (χ0v) is 32.7. The summed E-state index contributed by atoms with van der Waals surface area (Å²) in [6.45, 7) is 18.5. The van der Waals surface area contributed by atoms with Gasteiger partial charge in [0.05, 0.1) is 18.0 Å². The number of benzene rings is 1. The SMILES string of the molecule is CC(C)(C)OC(=O)CC1CCN(C2CC(C(=O)Nc3cc(Nc4cc(-c5cc(Cl)ccc5F)nnc4CO[Si](C)(C)C(C)(C)C)ncn3)C2)CC1. The Hall–Kier alpha value is -3.52. The van der Waals surface area contributed by atoms with Gasteiger partial charge in [0.1, 0.15) is 35.1 Å². The van der Waals surface area contributed by atoms with Crippen LogP contribution in [0.2, 0.25) is 23.2 Å². The predicted octanol–water partition coefficient (Wildman–Crippen LogP) is 8.15. The summed E-state index contributed by atoms with van der Waals surface area (Å²) in [6, 6.07) is 7.99. The number of nitrogens with zero attached hydrogens (tertiary/aromatic N) is 5. The Morgan fingerprint density at radius 3 is 2.35 bits per heavy atom. The van der Waals surface area contributed by atoms with Gasteiger partial charge in [0.15, 0.2) is 8.32 Å². The average molecular weight is 740 g/mol. The van der Waals surface area contributed by atoms with Crippen molar-refractivity contribution in [2.75, 3.05) is 23.7 Å². The van der Waals surface area contributed by atoms with Gasteiger partial charge in [-0.15, -0.1) is 5.10 Å². The minimum Gasteiger partial charge on any atom is -0.460 e. The smallest absolute Gasteiger partial charge is 0.306 e. The highest BCUT2D eigenvalue weighted by Gasteiger charge is 2.40. The summed E-state index contributed by atoms with van der Waals surface area (Å²) in [5, 5.41) is 15.3. The lowest BCUT2D eigenvalue weighted by Gasteiger charge is -2.45. The number of halogens is 2. The maximum Gasteiger partial charge on any atom is 0.306 e. The molecular formula is C37H51ClFN7O4Si. The number of carbonyl (C=O) groups excluding carboxylic acids is 2. The molecule has 14 heteroatoms. The summed E-state index contributed by atoms with van der Waals surface area (Å²) in [7, 11) is -2.13. The molecule has 51 heavy (non-hydrogen) atoms. The third-order valence-electron chi connectivity index (χ3n) is 10.2. The standard InChI is InChI=1S/C37H51ClFN7O4Si/c1-36(2,3)50-34(47)15-23-11-13-46(14-12-23)26-16-24(17-26)35(48)43-33-20-32(40-22-41-33)42-30-19-29(27-18-25(38)9-10-28(27)39)44-45-31(30)21-49-51(7,8)37(4,5)6/h9-10,18-20,22-24,26H,11-17,21H2,1-8H3,(H2,40,41,42,43,44,48). The van der Waals surface area contributed by atoms with E-state index in [1.807, 2.05) is 20.8 Å². The number of aromatic nitrogens is 4. The molecule has 0 radical (unpaired) electrons. The Morgan fingerprint density at radius 1 is 1.00 bits per heavy atom. The van der Waals surface area contributed by atoms with Gasteiger partial charge in [-0.05, 0) is 108 Å². The quantitative estimate of drug-likeness (QED) is 0.147. The summed E-state index contributed by atoms with van der Waals surface area (Å²) in [4.78, 5) is 36.6. The molecule has 1 amide bonds. The molecule has 2 aliphatic rings. The summed E-state index contributed by atoms with van der Waals surface area (Å²) in [5.74, 6) is 0.326. The van der Waals surface area contributed by atoms with E-state index in [9.17, 15) is 14.0 Å². The van der Waals surface area contributed by atoms with Crippen LogP contribution < -0.4 is 10.6 Å². The fraction of sp³-hybridized carbons (Fsp3) is 0.568. The number of ether oxygens (including phenoxy) is 1. The number of likely N-dealkylation sites (tertiary alicyclic amines) is 1. The van der Waals surface area contributed by atoms with Crippen molar-refractivity contribution in [1.82, 2.24) is 25.1 Å². The van der Waals surface area contributed by atoms with Crippen molar-refractivity contribution in [3.8, 4) is 11.3 Å². The van der Waals surface area contributed by atoms with Gasteiger partial charge < -0.3 is 24.7 Å². The van der Waals surface area contributed by atoms with Crippen molar-refractivity contribution in [3.63, 3.8) is 0 Å². The van der Waals surface area contributed by atoms with Crippen molar-refractivity contribution in [3.05, 3.63) is 53.2 Å². The minimum absolute atomic E-state index is 0.0157.